The predicted octanol–water partition coefficient (Wildman–Crippen LogP) is 1.85. The molecule has 4 heteroatoms. The molecule has 0 aromatic carbocycles. The van der Waals surface area contributed by atoms with E-state index in [-0.39, 0.29) is 17.5 Å². The number of hydrogen-bond acceptors (Lipinski definition) is 3. The lowest BCUT2D eigenvalue weighted by molar-refractivity contribution is -0.123. The monoisotopic (exact) mass is 237 g/mol. The van der Waals surface area contributed by atoms with Crippen LogP contribution in [0.25, 0.3) is 0 Å². The number of nitrogens with one attached hydrogen (secondary N) is 1. The summed E-state index contributed by atoms with van der Waals surface area (Å²) < 4.78 is 0. The molecule has 1 atom stereocenters. The second-order valence-corrected chi connectivity index (χ2v) is 5.13. The Kier molecular flexibility index (Phi) is 5.43. The number of nitrogens with zero attached hydrogens (tertiary/aromatic N) is 1. The first-order valence-corrected chi connectivity index (χ1v) is 6.55. The first-order valence-electron chi connectivity index (χ1n) is 6.55. The van der Waals surface area contributed by atoms with Crippen molar-refractivity contribution in [1.29, 1.82) is 5.26 Å². The second kappa shape index (κ2) is 6.61. The molecule has 1 aliphatic carbocycles. The third-order valence-electron chi connectivity index (χ3n) is 3.56. The maximum absolute atomic E-state index is 11.9. The molecule has 0 aliphatic heterocycles. The summed E-state index contributed by atoms with van der Waals surface area (Å²) in [6, 6.07) is 2.06. The molecule has 0 bridgehead atoms. The number of carbonyl (C=O) groups excluding carboxylic acids is 1. The largest absolute Gasteiger partial charge is 0.352 e. The molecule has 1 fully saturated rings. The first kappa shape index (κ1) is 14.0. The highest BCUT2D eigenvalue weighted by atomic mass is 16.1. The fraction of sp³-hybridized carbons (Fsp3) is 0.846. The molecule has 4 nitrogen and oxygen atoms in total. The maximum Gasteiger partial charge on any atom is 0.222 e. The smallest absolute Gasteiger partial charge is 0.222 e. The van der Waals surface area contributed by atoms with E-state index >= 15 is 0 Å². The molecule has 1 unspecified atom stereocenters. The van der Waals surface area contributed by atoms with Crippen LogP contribution in [0.3, 0.4) is 0 Å². The van der Waals surface area contributed by atoms with Crippen LogP contribution in [0.2, 0.25) is 0 Å². The fourth-order valence-electron chi connectivity index (χ4n) is 2.44. The van der Waals surface area contributed by atoms with Crippen LogP contribution in [0.4, 0.5) is 0 Å². The minimum absolute atomic E-state index is 0.00324. The number of amides is 1. The van der Waals surface area contributed by atoms with E-state index in [1.54, 1.807) is 0 Å². The van der Waals surface area contributed by atoms with E-state index < -0.39 is 0 Å². The Bertz CT molecular complexity index is 290. The SMILES string of the molecule is CCC(CC#N)NC(=O)CC1(N)CCCCC1. The molecule has 0 radical (unpaired) electrons. The molecule has 0 heterocycles. The fourth-order valence-corrected chi connectivity index (χ4v) is 2.44. The van der Waals surface area contributed by atoms with Gasteiger partial charge in [0, 0.05) is 18.0 Å². The highest BCUT2D eigenvalue weighted by Gasteiger charge is 2.30. The van der Waals surface area contributed by atoms with Crippen LogP contribution in [0.15, 0.2) is 0 Å². The zero-order valence-corrected chi connectivity index (χ0v) is 10.7. The molecule has 1 rings (SSSR count). The van der Waals surface area contributed by atoms with E-state index in [1.807, 2.05) is 6.92 Å². The van der Waals surface area contributed by atoms with Crippen molar-refractivity contribution in [3.8, 4) is 6.07 Å². The average molecular weight is 237 g/mol. The Hall–Kier alpha value is -1.08. The molecule has 1 amide bonds. The summed E-state index contributed by atoms with van der Waals surface area (Å²) in [5, 5.41) is 11.5. The zero-order chi connectivity index (χ0) is 12.7. The first-order chi connectivity index (χ1) is 8.09. The van der Waals surface area contributed by atoms with Gasteiger partial charge in [-0.1, -0.05) is 26.2 Å². The van der Waals surface area contributed by atoms with Gasteiger partial charge in [-0.2, -0.15) is 5.26 Å². The summed E-state index contributed by atoms with van der Waals surface area (Å²) in [5.41, 5.74) is 5.91. The van der Waals surface area contributed by atoms with Gasteiger partial charge in [-0.25, -0.2) is 0 Å². The number of hydrogen-bond donors (Lipinski definition) is 2. The quantitative estimate of drug-likeness (QED) is 0.765. The Labute approximate surface area is 104 Å². The maximum atomic E-state index is 11.9. The van der Waals surface area contributed by atoms with Gasteiger partial charge in [0.15, 0.2) is 0 Å². The second-order valence-electron chi connectivity index (χ2n) is 5.13. The number of nitrogens with two attached hydrogens (primary N) is 1. The van der Waals surface area contributed by atoms with Gasteiger partial charge >= 0.3 is 0 Å². The van der Waals surface area contributed by atoms with E-state index in [0.29, 0.717) is 12.8 Å². The molecule has 0 aromatic rings. The van der Waals surface area contributed by atoms with E-state index in [1.165, 1.54) is 6.42 Å². The molecule has 0 spiro atoms. The van der Waals surface area contributed by atoms with E-state index in [2.05, 4.69) is 11.4 Å². The van der Waals surface area contributed by atoms with Gasteiger partial charge in [0.25, 0.3) is 0 Å². The summed E-state index contributed by atoms with van der Waals surface area (Å²) in [6.07, 6.45) is 6.92. The molecule has 0 aromatic heterocycles. The van der Waals surface area contributed by atoms with Gasteiger partial charge in [-0.3, -0.25) is 4.79 Å². The van der Waals surface area contributed by atoms with E-state index in [9.17, 15) is 4.79 Å². The molecule has 0 saturated heterocycles. The topological polar surface area (TPSA) is 78.9 Å². The third kappa shape index (κ3) is 4.74. The van der Waals surface area contributed by atoms with Crippen LogP contribution in [0.1, 0.15) is 58.3 Å². The lowest BCUT2D eigenvalue weighted by atomic mass is 9.80. The Balaban J connectivity index is 2.40. The van der Waals surface area contributed by atoms with Crippen molar-refractivity contribution in [2.45, 2.75) is 69.9 Å². The highest BCUT2D eigenvalue weighted by molar-refractivity contribution is 5.77. The van der Waals surface area contributed by atoms with Gasteiger partial charge in [0.1, 0.15) is 0 Å². The van der Waals surface area contributed by atoms with Crippen molar-refractivity contribution in [3.63, 3.8) is 0 Å². The number of rotatable bonds is 5. The summed E-state index contributed by atoms with van der Waals surface area (Å²) in [7, 11) is 0. The van der Waals surface area contributed by atoms with Crippen molar-refractivity contribution >= 4 is 5.91 Å². The van der Waals surface area contributed by atoms with Crippen molar-refractivity contribution in [2.24, 2.45) is 5.73 Å². The lowest BCUT2D eigenvalue weighted by Crippen LogP contribution is -2.47. The van der Waals surface area contributed by atoms with E-state index in [4.69, 9.17) is 11.0 Å². The molecule has 96 valence electrons. The van der Waals surface area contributed by atoms with E-state index in [0.717, 1.165) is 32.1 Å². The zero-order valence-electron chi connectivity index (χ0n) is 10.7. The molecule has 17 heavy (non-hydrogen) atoms. The van der Waals surface area contributed by atoms with Crippen LogP contribution in [0.5, 0.6) is 0 Å². The molecule has 1 aliphatic rings. The van der Waals surface area contributed by atoms with Gasteiger partial charge in [-0.15, -0.1) is 0 Å². The minimum Gasteiger partial charge on any atom is -0.352 e. The average Bonchev–Trinajstić information content (AvgIpc) is 2.28. The van der Waals surface area contributed by atoms with Crippen LogP contribution in [-0.4, -0.2) is 17.5 Å². The van der Waals surface area contributed by atoms with Gasteiger partial charge in [0.05, 0.1) is 12.5 Å². The molecule has 3 N–H and O–H groups in total. The van der Waals surface area contributed by atoms with Crippen molar-refractivity contribution in [2.75, 3.05) is 0 Å². The molecular weight excluding hydrogens is 214 g/mol. The number of nitriles is 1. The molecule has 1 saturated carbocycles. The van der Waals surface area contributed by atoms with Crippen LogP contribution in [0, 0.1) is 11.3 Å². The minimum atomic E-state index is -0.312. The van der Waals surface area contributed by atoms with Crippen LogP contribution >= 0.6 is 0 Å². The Morgan fingerprint density at radius 2 is 2.12 bits per heavy atom. The summed E-state index contributed by atoms with van der Waals surface area (Å²) >= 11 is 0. The normalized spacial score (nSPS) is 20.3. The summed E-state index contributed by atoms with van der Waals surface area (Å²) in [4.78, 5) is 11.9. The van der Waals surface area contributed by atoms with Gasteiger partial charge < -0.3 is 11.1 Å². The Morgan fingerprint density at radius 1 is 1.47 bits per heavy atom. The van der Waals surface area contributed by atoms with Crippen LogP contribution in [-0.2, 0) is 4.79 Å². The van der Waals surface area contributed by atoms with Crippen molar-refractivity contribution in [3.05, 3.63) is 0 Å². The highest BCUT2D eigenvalue weighted by Crippen LogP contribution is 2.28. The summed E-state index contributed by atoms with van der Waals surface area (Å²) in [6.45, 7) is 1.97. The Morgan fingerprint density at radius 3 is 2.65 bits per heavy atom. The summed E-state index contributed by atoms with van der Waals surface area (Å²) in [5.74, 6) is -0.00324. The van der Waals surface area contributed by atoms with Crippen molar-refractivity contribution < 1.29 is 4.79 Å². The predicted molar refractivity (Wildman–Crippen MR) is 67.1 cm³/mol. The van der Waals surface area contributed by atoms with Gasteiger partial charge in [0.2, 0.25) is 5.91 Å². The lowest BCUT2D eigenvalue weighted by Gasteiger charge is -2.33. The van der Waals surface area contributed by atoms with Crippen LogP contribution < -0.4 is 11.1 Å². The number of carbonyl (C=O) groups is 1. The standard InChI is InChI=1S/C13H23N3O/c1-2-11(6-9-14)16-12(17)10-13(15)7-4-3-5-8-13/h11H,2-8,10,15H2,1H3,(H,16,17). The van der Waals surface area contributed by atoms with Gasteiger partial charge in [-0.05, 0) is 19.3 Å². The van der Waals surface area contributed by atoms with Crippen molar-refractivity contribution in [1.82, 2.24) is 5.32 Å². The third-order valence-corrected chi connectivity index (χ3v) is 3.56. The molecular formula is C13H23N3O.